The molecule has 1 aromatic heterocycles. The van der Waals surface area contributed by atoms with Crippen molar-refractivity contribution in [2.45, 2.75) is 71.4 Å². The van der Waals surface area contributed by atoms with Crippen molar-refractivity contribution >= 4 is 22.6 Å². The lowest BCUT2D eigenvalue weighted by atomic mass is 10.1. The Hall–Kier alpha value is -2.77. The molecule has 0 unspecified atom stereocenters. The molecule has 6 nitrogen and oxygen atoms in total. The van der Waals surface area contributed by atoms with Crippen LogP contribution in [0.5, 0.6) is 0 Å². The first-order valence-electron chi connectivity index (χ1n) is 14.6. The zero-order valence-corrected chi connectivity index (χ0v) is 22.9. The van der Waals surface area contributed by atoms with Gasteiger partial charge in [-0.25, -0.2) is 4.39 Å². The molecule has 204 valence electrons. The van der Waals surface area contributed by atoms with Crippen molar-refractivity contribution < 1.29 is 9.18 Å². The van der Waals surface area contributed by atoms with E-state index in [9.17, 15) is 9.18 Å². The zero-order chi connectivity index (χ0) is 26.3. The van der Waals surface area contributed by atoms with Gasteiger partial charge in [0.25, 0.3) is 0 Å². The maximum Gasteiger partial charge on any atom is 0.247 e. The van der Waals surface area contributed by atoms with Crippen molar-refractivity contribution in [3.8, 4) is 0 Å². The summed E-state index contributed by atoms with van der Waals surface area (Å²) in [5.41, 5.74) is 3.50. The van der Waals surface area contributed by atoms with Crippen LogP contribution in [0.25, 0.3) is 10.9 Å². The number of anilines is 1. The van der Waals surface area contributed by atoms with Crippen molar-refractivity contribution in [3.63, 3.8) is 0 Å². The van der Waals surface area contributed by atoms with Crippen LogP contribution in [0.4, 0.5) is 10.2 Å². The predicted molar refractivity (Wildman–Crippen MR) is 152 cm³/mol. The Bertz CT molecular complexity index is 1190. The number of rotatable bonds is 12. The highest BCUT2D eigenvalue weighted by Crippen LogP contribution is 2.28. The van der Waals surface area contributed by atoms with Gasteiger partial charge in [0.05, 0.1) is 5.52 Å². The van der Waals surface area contributed by atoms with Gasteiger partial charge in [0, 0.05) is 70.2 Å². The Morgan fingerprint density at radius 3 is 2.21 bits per heavy atom. The van der Waals surface area contributed by atoms with Crippen molar-refractivity contribution in [1.82, 2.24) is 19.6 Å². The molecule has 0 saturated carbocycles. The van der Waals surface area contributed by atoms with Gasteiger partial charge in [0.15, 0.2) is 5.82 Å². The van der Waals surface area contributed by atoms with Crippen LogP contribution in [0.1, 0.15) is 74.2 Å². The third-order valence-corrected chi connectivity index (χ3v) is 8.16. The molecular weight excluding hydrogens is 477 g/mol. The molecule has 1 saturated heterocycles. The summed E-state index contributed by atoms with van der Waals surface area (Å²) in [5, 5.41) is 5.61. The van der Waals surface area contributed by atoms with Crippen molar-refractivity contribution in [3.05, 3.63) is 59.4 Å². The minimum absolute atomic E-state index is 0.0364. The van der Waals surface area contributed by atoms with Gasteiger partial charge in [0.1, 0.15) is 5.82 Å². The lowest BCUT2D eigenvalue weighted by molar-refractivity contribution is 0.0889. The topological polar surface area (TPSA) is 44.6 Å². The van der Waals surface area contributed by atoms with Crippen LogP contribution < -0.4 is 4.90 Å². The Kier molecular flexibility index (Phi) is 9.07. The van der Waals surface area contributed by atoms with Crippen LogP contribution in [0.2, 0.25) is 0 Å². The molecule has 38 heavy (non-hydrogen) atoms. The van der Waals surface area contributed by atoms with Crippen molar-refractivity contribution in [2.24, 2.45) is 0 Å². The lowest BCUT2D eigenvalue weighted by Gasteiger charge is -2.35. The summed E-state index contributed by atoms with van der Waals surface area (Å²) in [7, 11) is 0. The number of halogens is 1. The van der Waals surface area contributed by atoms with E-state index in [0.717, 1.165) is 76.4 Å². The van der Waals surface area contributed by atoms with E-state index in [2.05, 4.69) is 45.9 Å². The first-order valence-corrected chi connectivity index (χ1v) is 14.6. The van der Waals surface area contributed by atoms with Gasteiger partial charge < -0.3 is 4.90 Å². The second kappa shape index (κ2) is 12.9. The third kappa shape index (κ3) is 6.44. The summed E-state index contributed by atoms with van der Waals surface area (Å²) in [6, 6.07) is 13.4. The van der Waals surface area contributed by atoms with E-state index in [1.807, 2.05) is 0 Å². The van der Waals surface area contributed by atoms with Crippen LogP contribution in [-0.4, -0.2) is 64.8 Å². The standard InChI is InChI=1S/C31H42FN5O/c1-2-3-4-5-6-7-8-13-30(38)37-29-22-27(32)14-15-28(29)31(33-37)36-20-18-34(19-21-36)16-17-35-23-25-11-9-10-12-26(25)24-35/h9-12,14-15,22H,2-8,13,16-21,23-24H2,1H3. The number of piperazine rings is 1. The first kappa shape index (κ1) is 26.8. The van der Waals surface area contributed by atoms with Gasteiger partial charge in [-0.15, -0.1) is 5.10 Å². The normalized spacial score (nSPS) is 16.4. The summed E-state index contributed by atoms with van der Waals surface area (Å²) < 4.78 is 15.6. The summed E-state index contributed by atoms with van der Waals surface area (Å²) in [5.74, 6) is 0.441. The molecule has 0 atom stereocenters. The fraction of sp³-hybridized carbons (Fsp3) is 0.548. The Labute approximate surface area is 226 Å². The van der Waals surface area contributed by atoms with Gasteiger partial charge in [0.2, 0.25) is 5.91 Å². The minimum atomic E-state index is -0.331. The number of carbonyl (C=O) groups excluding carboxylic acids is 1. The lowest BCUT2D eigenvalue weighted by Crippen LogP contribution is -2.48. The molecule has 3 aromatic rings. The molecule has 0 aliphatic carbocycles. The number of aromatic nitrogens is 2. The van der Waals surface area contributed by atoms with Crippen LogP contribution in [0.15, 0.2) is 42.5 Å². The number of hydrogen-bond acceptors (Lipinski definition) is 5. The number of fused-ring (bicyclic) bond motifs is 2. The number of carbonyl (C=O) groups is 1. The van der Waals surface area contributed by atoms with Crippen LogP contribution in [0, 0.1) is 5.82 Å². The molecule has 2 aromatic carbocycles. The Morgan fingerprint density at radius 2 is 1.50 bits per heavy atom. The van der Waals surface area contributed by atoms with Gasteiger partial charge in [-0.1, -0.05) is 69.7 Å². The molecular formula is C31H42FN5O. The van der Waals surface area contributed by atoms with Crippen molar-refractivity contribution in [1.29, 1.82) is 0 Å². The van der Waals surface area contributed by atoms with E-state index in [1.54, 1.807) is 6.07 Å². The molecule has 0 spiro atoms. The predicted octanol–water partition coefficient (Wildman–Crippen LogP) is 6.09. The van der Waals surface area contributed by atoms with Gasteiger partial charge in [-0.2, -0.15) is 4.68 Å². The second-order valence-corrected chi connectivity index (χ2v) is 11.0. The summed E-state index contributed by atoms with van der Waals surface area (Å²) >= 11 is 0. The van der Waals surface area contributed by atoms with E-state index >= 15 is 0 Å². The van der Waals surface area contributed by atoms with E-state index < -0.39 is 0 Å². The van der Waals surface area contributed by atoms with Crippen molar-refractivity contribution in [2.75, 3.05) is 44.2 Å². The molecule has 2 aliphatic rings. The first-order chi connectivity index (χ1) is 18.6. The molecule has 0 amide bonds. The molecule has 2 aliphatic heterocycles. The summed E-state index contributed by atoms with van der Waals surface area (Å²) in [6.45, 7) is 10.1. The van der Waals surface area contributed by atoms with E-state index in [4.69, 9.17) is 5.10 Å². The number of hydrogen-bond donors (Lipinski definition) is 0. The monoisotopic (exact) mass is 519 g/mol. The third-order valence-electron chi connectivity index (χ3n) is 8.16. The molecule has 7 heteroatoms. The average Bonchev–Trinajstić information content (AvgIpc) is 3.53. The largest absolute Gasteiger partial charge is 0.352 e. The number of nitrogens with zero attached hydrogens (tertiary/aromatic N) is 5. The molecule has 1 fully saturated rings. The Balaban J connectivity index is 1.15. The highest BCUT2D eigenvalue weighted by atomic mass is 19.1. The fourth-order valence-electron chi connectivity index (χ4n) is 5.86. The van der Waals surface area contributed by atoms with E-state index in [1.165, 1.54) is 60.0 Å². The number of benzene rings is 2. The molecule has 0 N–H and O–H groups in total. The summed E-state index contributed by atoms with van der Waals surface area (Å²) in [6.07, 6.45) is 8.58. The van der Waals surface area contributed by atoms with E-state index in [0.29, 0.717) is 11.9 Å². The molecule has 3 heterocycles. The highest BCUT2D eigenvalue weighted by Gasteiger charge is 2.25. The smallest absolute Gasteiger partial charge is 0.247 e. The van der Waals surface area contributed by atoms with Crippen LogP contribution in [-0.2, 0) is 13.1 Å². The highest BCUT2D eigenvalue weighted by molar-refractivity contribution is 5.97. The Morgan fingerprint density at radius 1 is 0.842 bits per heavy atom. The van der Waals surface area contributed by atoms with Crippen LogP contribution >= 0.6 is 0 Å². The summed E-state index contributed by atoms with van der Waals surface area (Å²) in [4.78, 5) is 20.4. The SMILES string of the molecule is CCCCCCCCCC(=O)n1nc(N2CCN(CCN3Cc4ccccc4C3)CC2)c2ccc(F)cc21. The van der Waals surface area contributed by atoms with Gasteiger partial charge in [-0.05, 0) is 29.7 Å². The van der Waals surface area contributed by atoms with E-state index in [-0.39, 0.29) is 11.7 Å². The maximum absolute atomic E-state index is 14.2. The number of unbranched alkanes of at least 4 members (excludes halogenated alkanes) is 6. The minimum Gasteiger partial charge on any atom is -0.352 e. The molecule has 0 bridgehead atoms. The second-order valence-electron chi connectivity index (χ2n) is 11.0. The zero-order valence-electron chi connectivity index (χ0n) is 22.9. The average molecular weight is 520 g/mol. The molecule has 5 rings (SSSR count). The quantitative estimate of drug-likeness (QED) is 0.271. The van der Waals surface area contributed by atoms with Gasteiger partial charge in [-0.3, -0.25) is 14.6 Å². The van der Waals surface area contributed by atoms with Gasteiger partial charge >= 0.3 is 0 Å². The maximum atomic E-state index is 14.2. The van der Waals surface area contributed by atoms with Crippen LogP contribution in [0.3, 0.4) is 0 Å². The molecule has 0 radical (unpaired) electrons. The fourth-order valence-corrected chi connectivity index (χ4v) is 5.86.